The lowest BCUT2D eigenvalue weighted by molar-refractivity contribution is 0.458. The second kappa shape index (κ2) is 4.98. The van der Waals surface area contributed by atoms with E-state index in [0.29, 0.717) is 11.5 Å². The average Bonchev–Trinajstić information content (AvgIpc) is 2.99. The Hall–Kier alpha value is -3.54. The van der Waals surface area contributed by atoms with Crippen molar-refractivity contribution in [3.63, 3.8) is 0 Å². The minimum Gasteiger partial charge on any atom is -0.507 e. The number of nitrogens with zero attached hydrogens (tertiary/aromatic N) is 3. The van der Waals surface area contributed by atoms with Crippen molar-refractivity contribution in [2.75, 3.05) is 5.32 Å². The third-order valence-corrected chi connectivity index (χ3v) is 4.55. The van der Waals surface area contributed by atoms with Crippen molar-refractivity contribution in [3.8, 4) is 5.75 Å². The maximum atomic E-state index is 10.6. The molecule has 25 heavy (non-hydrogen) atoms. The molecule has 5 rings (SSSR count). The first-order chi connectivity index (χ1) is 12.2. The molecule has 1 aliphatic rings. The molecule has 0 unspecified atom stereocenters. The van der Waals surface area contributed by atoms with Crippen LogP contribution in [0.2, 0.25) is 0 Å². The molecule has 0 spiro atoms. The summed E-state index contributed by atoms with van der Waals surface area (Å²) in [7, 11) is 0. The van der Waals surface area contributed by atoms with Gasteiger partial charge in [0.15, 0.2) is 12.1 Å². The molecule has 0 fully saturated rings. The van der Waals surface area contributed by atoms with E-state index < -0.39 is 6.17 Å². The first-order valence-electron chi connectivity index (χ1n) is 8.00. The van der Waals surface area contributed by atoms with Crippen LogP contribution in [-0.2, 0) is 0 Å². The molecular weight excluding hydrogens is 314 g/mol. The van der Waals surface area contributed by atoms with E-state index in [1.807, 2.05) is 59.2 Å². The van der Waals surface area contributed by atoms with E-state index in [9.17, 15) is 5.11 Å². The van der Waals surface area contributed by atoms with Crippen LogP contribution < -0.4 is 11.1 Å². The Balaban J connectivity index is 1.86. The monoisotopic (exact) mass is 329 g/mol. The van der Waals surface area contributed by atoms with Crippen molar-refractivity contribution in [1.29, 1.82) is 0 Å². The number of aromatic hydroxyl groups is 1. The van der Waals surface area contributed by atoms with Crippen LogP contribution >= 0.6 is 0 Å². The van der Waals surface area contributed by atoms with Gasteiger partial charge >= 0.3 is 0 Å². The molecule has 0 saturated carbocycles. The number of imidazole rings is 1. The van der Waals surface area contributed by atoms with E-state index in [1.54, 1.807) is 6.07 Å². The predicted octanol–water partition coefficient (Wildman–Crippen LogP) is 3.18. The summed E-state index contributed by atoms with van der Waals surface area (Å²) in [6, 6.07) is 19.3. The molecule has 0 amide bonds. The van der Waals surface area contributed by atoms with Crippen LogP contribution in [0.1, 0.15) is 11.7 Å². The number of aromatic nitrogens is 2. The number of hydrogen-bond acceptors (Lipinski definition) is 5. The number of aliphatic imine (C=N–C) groups is 1. The molecule has 1 aromatic heterocycles. The van der Waals surface area contributed by atoms with Gasteiger partial charge in [0.1, 0.15) is 5.75 Å². The van der Waals surface area contributed by atoms with E-state index in [-0.39, 0.29) is 11.7 Å². The summed E-state index contributed by atoms with van der Waals surface area (Å²) in [6.45, 7) is 0. The Morgan fingerprint density at radius 2 is 1.80 bits per heavy atom. The highest BCUT2D eigenvalue weighted by molar-refractivity contribution is 5.96. The summed E-state index contributed by atoms with van der Waals surface area (Å²) in [4.78, 5) is 9.17. The summed E-state index contributed by atoms with van der Waals surface area (Å²) in [5, 5.41) is 15.6. The van der Waals surface area contributed by atoms with Gasteiger partial charge in [-0.05, 0) is 29.0 Å². The number of phenols is 1. The number of guanidine groups is 1. The van der Waals surface area contributed by atoms with Gasteiger partial charge in [-0.25, -0.2) is 9.98 Å². The van der Waals surface area contributed by atoms with Crippen LogP contribution in [0, 0.1) is 0 Å². The van der Waals surface area contributed by atoms with E-state index >= 15 is 0 Å². The van der Waals surface area contributed by atoms with Crippen LogP contribution in [0.3, 0.4) is 0 Å². The van der Waals surface area contributed by atoms with Crippen molar-refractivity contribution in [3.05, 3.63) is 66.2 Å². The molecule has 4 aromatic rings. The lowest BCUT2D eigenvalue weighted by Crippen LogP contribution is -2.31. The minimum absolute atomic E-state index is 0.186. The van der Waals surface area contributed by atoms with Gasteiger partial charge in [-0.15, -0.1) is 0 Å². The molecule has 4 N–H and O–H groups in total. The standard InChI is InChI=1S/C19H15N5O/c20-18-22-17(16-12-6-2-1-5-11(12)9-10-15(16)25)24-14-8-4-3-7-13(14)21-19(24)23-18/h1-10,17,25H,(H3,20,21,22,23)/t17-/m1/s1. The summed E-state index contributed by atoms with van der Waals surface area (Å²) in [5.74, 6) is 1.08. The van der Waals surface area contributed by atoms with Crippen molar-refractivity contribution in [2.45, 2.75) is 6.17 Å². The third kappa shape index (κ3) is 1.97. The zero-order valence-electron chi connectivity index (χ0n) is 13.2. The Labute approximate surface area is 143 Å². The molecule has 0 bridgehead atoms. The van der Waals surface area contributed by atoms with Crippen LogP contribution in [0.15, 0.2) is 65.7 Å². The Bertz CT molecular complexity index is 1160. The van der Waals surface area contributed by atoms with Gasteiger partial charge in [-0.2, -0.15) is 0 Å². The number of fused-ring (bicyclic) bond motifs is 4. The lowest BCUT2D eigenvalue weighted by Gasteiger charge is -2.25. The number of rotatable bonds is 1. The highest BCUT2D eigenvalue weighted by Gasteiger charge is 2.28. The molecule has 0 aliphatic carbocycles. The van der Waals surface area contributed by atoms with E-state index in [4.69, 9.17) is 5.73 Å². The number of hydrogen-bond donors (Lipinski definition) is 3. The van der Waals surface area contributed by atoms with Crippen molar-refractivity contribution in [1.82, 2.24) is 9.55 Å². The molecule has 1 atom stereocenters. The summed E-state index contributed by atoms with van der Waals surface area (Å²) < 4.78 is 1.97. The molecule has 6 heteroatoms. The van der Waals surface area contributed by atoms with Crippen molar-refractivity contribution < 1.29 is 5.11 Å². The largest absolute Gasteiger partial charge is 0.507 e. The highest BCUT2D eigenvalue weighted by Crippen LogP contribution is 2.39. The van der Waals surface area contributed by atoms with E-state index in [0.717, 1.165) is 21.8 Å². The first-order valence-corrected chi connectivity index (χ1v) is 8.00. The number of nitrogens with one attached hydrogen (secondary N) is 1. The normalized spacial score (nSPS) is 16.5. The Morgan fingerprint density at radius 1 is 1.00 bits per heavy atom. The number of nitrogens with two attached hydrogens (primary N) is 1. The van der Waals surface area contributed by atoms with Crippen LogP contribution in [0.4, 0.5) is 5.95 Å². The van der Waals surface area contributed by atoms with Gasteiger partial charge < -0.3 is 10.8 Å². The molecule has 3 aromatic carbocycles. The minimum atomic E-state index is -0.491. The second-order valence-electron chi connectivity index (χ2n) is 6.03. The fourth-order valence-corrected chi connectivity index (χ4v) is 3.47. The van der Waals surface area contributed by atoms with E-state index in [2.05, 4.69) is 15.3 Å². The molecule has 122 valence electrons. The van der Waals surface area contributed by atoms with Crippen molar-refractivity contribution in [2.24, 2.45) is 10.7 Å². The fraction of sp³-hybridized carbons (Fsp3) is 0.0526. The quantitative estimate of drug-likeness (QED) is 0.500. The highest BCUT2D eigenvalue weighted by atomic mass is 16.3. The Kier molecular flexibility index (Phi) is 2.76. The van der Waals surface area contributed by atoms with Gasteiger partial charge in [0.05, 0.1) is 11.0 Å². The number of para-hydroxylation sites is 2. The van der Waals surface area contributed by atoms with Gasteiger partial charge in [0.25, 0.3) is 0 Å². The lowest BCUT2D eigenvalue weighted by atomic mass is 10.0. The van der Waals surface area contributed by atoms with Gasteiger partial charge in [0.2, 0.25) is 5.95 Å². The smallest absolute Gasteiger partial charge is 0.212 e. The van der Waals surface area contributed by atoms with Gasteiger partial charge in [-0.1, -0.05) is 42.5 Å². The molecule has 1 aliphatic heterocycles. The Morgan fingerprint density at radius 3 is 2.72 bits per heavy atom. The van der Waals surface area contributed by atoms with Gasteiger partial charge in [0, 0.05) is 5.56 Å². The van der Waals surface area contributed by atoms with Crippen LogP contribution in [-0.4, -0.2) is 20.6 Å². The summed E-state index contributed by atoms with van der Waals surface area (Å²) >= 11 is 0. The maximum Gasteiger partial charge on any atom is 0.212 e. The maximum absolute atomic E-state index is 10.6. The zero-order valence-corrected chi connectivity index (χ0v) is 13.2. The number of benzene rings is 3. The molecule has 0 radical (unpaired) electrons. The topological polar surface area (TPSA) is 88.5 Å². The van der Waals surface area contributed by atoms with Crippen LogP contribution in [0.25, 0.3) is 21.8 Å². The molecular formula is C19H15N5O. The number of anilines is 1. The number of phenolic OH excluding ortho intramolecular Hbond substituents is 1. The van der Waals surface area contributed by atoms with E-state index in [1.165, 1.54) is 0 Å². The zero-order chi connectivity index (χ0) is 17.0. The summed E-state index contributed by atoms with van der Waals surface area (Å²) in [5.41, 5.74) is 8.49. The molecule has 6 nitrogen and oxygen atoms in total. The molecule has 2 heterocycles. The SMILES string of the molecule is NC1=N[C@@H](c2c(O)ccc3ccccc23)n2c(nc3ccccc32)N1. The first kappa shape index (κ1) is 13.9. The van der Waals surface area contributed by atoms with Crippen molar-refractivity contribution >= 4 is 33.7 Å². The summed E-state index contributed by atoms with van der Waals surface area (Å²) in [6.07, 6.45) is -0.491. The predicted molar refractivity (Wildman–Crippen MR) is 98.7 cm³/mol. The van der Waals surface area contributed by atoms with Gasteiger partial charge in [-0.3, -0.25) is 9.88 Å². The third-order valence-electron chi connectivity index (χ3n) is 4.55. The fourth-order valence-electron chi connectivity index (χ4n) is 3.47. The van der Waals surface area contributed by atoms with Crippen LogP contribution in [0.5, 0.6) is 5.75 Å². The second-order valence-corrected chi connectivity index (χ2v) is 6.03. The average molecular weight is 329 g/mol. The molecule has 0 saturated heterocycles.